The van der Waals surface area contributed by atoms with Gasteiger partial charge in [0.2, 0.25) is 0 Å². The van der Waals surface area contributed by atoms with Gasteiger partial charge in [-0.1, -0.05) is 78.1 Å². The van der Waals surface area contributed by atoms with Crippen LogP contribution < -0.4 is 0 Å². The zero-order valence-electron chi connectivity index (χ0n) is 15.2. The van der Waals surface area contributed by atoms with Crippen LogP contribution in [0.1, 0.15) is 26.3 Å². The second kappa shape index (κ2) is 7.73. The van der Waals surface area contributed by atoms with Crippen molar-refractivity contribution in [3.05, 3.63) is 76.7 Å². The summed E-state index contributed by atoms with van der Waals surface area (Å²) in [6, 6.07) is 17.5. The molecule has 28 heavy (non-hydrogen) atoms. The summed E-state index contributed by atoms with van der Waals surface area (Å²) >= 11 is 3.02. The van der Waals surface area contributed by atoms with Crippen LogP contribution in [0.15, 0.2) is 69.8 Å². The van der Waals surface area contributed by atoms with Crippen molar-refractivity contribution < 1.29 is 19.1 Å². The van der Waals surface area contributed by atoms with Crippen LogP contribution in [0, 0.1) is 0 Å². The third-order valence-corrected chi connectivity index (χ3v) is 6.94. The minimum atomic E-state index is -0.555. The normalized spacial score (nSPS) is 12.9. The van der Waals surface area contributed by atoms with Gasteiger partial charge in [-0.05, 0) is 21.7 Å². The average molecular weight is 409 g/mol. The Morgan fingerprint density at radius 3 is 2.04 bits per heavy atom. The number of thioether (sulfide) groups is 2. The molecule has 0 fully saturated rings. The van der Waals surface area contributed by atoms with Crippen LogP contribution in [0.25, 0.3) is 15.7 Å². The first kappa shape index (κ1) is 18.7. The van der Waals surface area contributed by atoms with E-state index in [0.717, 1.165) is 25.6 Å². The van der Waals surface area contributed by atoms with E-state index in [1.807, 2.05) is 54.6 Å². The summed E-state index contributed by atoms with van der Waals surface area (Å²) in [7, 11) is 2.63. The van der Waals surface area contributed by atoms with Crippen LogP contribution in [0.2, 0.25) is 0 Å². The van der Waals surface area contributed by atoms with Gasteiger partial charge < -0.3 is 9.47 Å². The zero-order valence-corrected chi connectivity index (χ0v) is 16.9. The van der Waals surface area contributed by atoms with Gasteiger partial charge in [0.05, 0.1) is 25.3 Å². The molecule has 1 heterocycles. The minimum absolute atomic E-state index is 0.242. The number of fused-ring (bicyclic) bond motifs is 3. The van der Waals surface area contributed by atoms with Crippen molar-refractivity contribution in [3.8, 4) is 0 Å². The van der Waals surface area contributed by atoms with Crippen LogP contribution in [0.5, 0.6) is 0 Å². The van der Waals surface area contributed by atoms with Crippen molar-refractivity contribution in [2.75, 3.05) is 14.2 Å². The Kier molecular flexibility index (Phi) is 5.15. The minimum Gasteiger partial charge on any atom is -0.465 e. The highest BCUT2D eigenvalue weighted by atomic mass is 32.2. The van der Waals surface area contributed by atoms with E-state index in [4.69, 9.17) is 9.47 Å². The molecule has 0 aromatic heterocycles. The molecule has 0 unspecified atom stereocenters. The molecule has 0 saturated carbocycles. The lowest BCUT2D eigenvalue weighted by Gasteiger charge is -2.23. The van der Waals surface area contributed by atoms with Gasteiger partial charge in [-0.25, -0.2) is 9.59 Å². The van der Waals surface area contributed by atoms with Gasteiger partial charge in [0, 0.05) is 14.7 Å². The Bertz CT molecular complexity index is 1120. The summed E-state index contributed by atoms with van der Waals surface area (Å²) in [4.78, 5) is 28.1. The van der Waals surface area contributed by atoms with Crippen molar-refractivity contribution in [2.24, 2.45) is 0 Å². The summed E-state index contributed by atoms with van der Waals surface area (Å²) in [5.74, 6) is -1.11. The van der Waals surface area contributed by atoms with Crippen LogP contribution >= 0.6 is 23.5 Å². The molecule has 1 aliphatic heterocycles. The molecular weight excluding hydrogens is 392 g/mol. The van der Waals surface area contributed by atoms with Crippen LogP contribution in [0.3, 0.4) is 0 Å². The van der Waals surface area contributed by atoms with Crippen LogP contribution in [-0.2, 0) is 9.47 Å². The van der Waals surface area contributed by atoms with E-state index in [1.54, 1.807) is 11.8 Å². The van der Waals surface area contributed by atoms with Crippen molar-refractivity contribution in [3.63, 3.8) is 0 Å². The predicted molar refractivity (Wildman–Crippen MR) is 113 cm³/mol. The largest absolute Gasteiger partial charge is 0.465 e. The van der Waals surface area contributed by atoms with Gasteiger partial charge in [0.15, 0.2) is 0 Å². The average Bonchev–Trinajstić information content (AvgIpc) is 2.77. The monoisotopic (exact) mass is 408 g/mol. The fourth-order valence-corrected chi connectivity index (χ4v) is 5.63. The molecule has 4 nitrogen and oxygen atoms in total. The number of esters is 2. The maximum atomic E-state index is 12.7. The van der Waals surface area contributed by atoms with Gasteiger partial charge >= 0.3 is 11.9 Å². The van der Waals surface area contributed by atoms with E-state index in [0.29, 0.717) is 5.39 Å². The van der Waals surface area contributed by atoms with Gasteiger partial charge in [-0.15, -0.1) is 0 Å². The fraction of sp³-hybridized carbons (Fsp3) is 0.0909. The second-order valence-electron chi connectivity index (χ2n) is 6.01. The lowest BCUT2D eigenvalue weighted by atomic mass is 9.98. The van der Waals surface area contributed by atoms with Crippen LogP contribution in [0.4, 0.5) is 0 Å². The maximum Gasteiger partial charge on any atom is 0.339 e. The molecule has 0 saturated heterocycles. The predicted octanol–water partition coefficient (Wildman–Crippen LogP) is 5.61. The van der Waals surface area contributed by atoms with Crippen molar-refractivity contribution in [1.29, 1.82) is 0 Å². The van der Waals surface area contributed by atoms with Crippen molar-refractivity contribution in [2.45, 2.75) is 9.79 Å². The number of rotatable bonds is 3. The smallest absolute Gasteiger partial charge is 0.339 e. The highest BCUT2D eigenvalue weighted by Crippen LogP contribution is 2.52. The summed E-state index contributed by atoms with van der Waals surface area (Å²) < 4.78 is 10.0. The molecule has 0 atom stereocenters. The van der Waals surface area contributed by atoms with Crippen LogP contribution in [-0.4, -0.2) is 26.2 Å². The molecule has 0 bridgehead atoms. The lowest BCUT2D eigenvalue weighted by molar-refractivity contribution is 0.0553. The molecule has 3 aromatic carbocycles. The fourth-order valence-electron chi connectivity index (χ4n) is 3.18. The number of carbonyl (C=O) groups is 2. The lowest BCUT2D eigenvalue weighted by Crippen LogP contribution is -2.15. The Labute approximate surface area is 170 Å². The molecule has 0 radical (unpaired) electrons. The summed E-state index contributed by atoms with van der Waals surface area (Å²) in [6.45, 7) is 0. The molecule has 0 spiro atoms. The number of carbonyl (C=O) groups excluding carboxylic acids is 2. The zero-order chi connectivity index (χ0) is 19.7. The third kappa shape index (κ3) is 3.08. The number of hydrogen-bond donors (Lipinski definition) is 0. The summed E-state index contributed by atoms with van der Waals surface area (Å²) in [5, 5.41) is 3.66. The Hall–Kier alpha value is -2.70. The molecule has 0 amide bonds. The quantitative estimate of drug-likeness (QED) is 0.525. The molecule has 140 valence electrons. The second-order valence-corrected chi connectivity index (χ2v) is 7.94. The molecule has 0 N–H and O–H groups in total. The number of ether oxygens (including phenoxy) is 2. The Morgan fingerprint density at radius 2 is 1.36 bits per heavy atom. The first-order chi connectivity index (χ1) is 13.7. The molecule has 4 rings (SSSR count). The first-order valence-electron chi connectivity index (χ1n) is 8.51. The molecule has 0 aliphatic carbocycles. The molecular formula is C22H16O4S2. The highest BCUT2D eigenvalue weighted by Gasteiger charge is 2.31. The highest BCUT2D eigenvalue weighted by molar-refractivity contribution is 8.12. The Morgan fingerprint density at radius 1 is 0.750 bits per heavy atom. The van der Waals surface area contributed by atoms with Crippen molar-refractivity contribution >= 4 is 51.1 Å². The summed E-state index contributed by atoms with van der Waals surface area (Å²) in [6.07, 6.45) is 0. The third-order valence-electron chi connectivity index (χ3n) is 4.46. The van der Waals surface area contributed by atoms with Gasteiger partial charge in [-0.2, -0.15) is 0 Å². The summed E-state index contributed by atoms with van der Waals surface area (Å²) in [5.41, 5.74) is 1.54. The van der Waals surface area contributed by atoms with E-state index >= 15 is 0 Å². The number of methoxy groups -OCH3 is 2. The number of benzene rings is 3. The molecule has 3 aromatic rings. The molecule has 1 aliphatic rings. The Balaban J connectivity index is 2.02. The maximum absolute atomic E-state index is 12.7. The standard InChI is InChI=1S/C22H16O4S2/c1-25-21(23)17-14-10-6-7-11-15(14)19-20(18(17)22(24)26-2)28-16(12-27-19)13-8-4-3-5-9-13/h3-12H,1-2H3. The van der Waals surface area contributed by atoms with E-state index < -0.39 is 11.9 Å². The molecule has 6 heteroatoms. The SMILES string of the molecule is COC(=O)c1c2c(c3ccccc3c1C(=O)OC)SC=C(c1ccccc1)S2. The van der Waals surface area contributed by atoms with Gasteiger partial charge in [0.25, 0.3) is 0 Å². The van der Waals surface area contributed by atoms with E-state index in [-0.39, 0.29) is 11.1 Å². The van der Waals surface area contributed by atoms with Crippen molar-refractivity contribution in [1.82, 2.24) is 0 Å². The topological polar surface area (TPSA) is 52.6 Å². The van der Waals surface area contributed by atoms with Gasteiger partial charge in [0.1, 0.15) is 0 Å². The first-order valence-corrected chi connectivity index (χ1v) is 10.2. The van der Waals surface area contributed by atoms with E-state index in [2.05, 4.69) is 5.41 Å². The van der Waals surface area contributed by atoms with E-state index in [1.165, 1.54) is 26.0 Å². The van der Waals surface area contributed by atoms with Gasteiger partial charge in [-0.3, -0.25) is 0 Å². The number of hydrogen-bond acceptors (Lipinski definition) is 6. The van der Waals surface area contributed by atoms with E-state index in [9.17, 15) is 9.59 Å².